The molecule has 2 aromatic rings. The lowest BCUT2D eigenvalue weighted by Gasteiger charge is -2.11. The minimum atomic E-state index is -0.399. The standard InChI is InChI=1S/C26H34O4/c1-4-6-7-8-9-10-19-28-23-15-17-25(18-16-23)30-26(27)22-11-13-24(14-12-22)29-20-21(3)5-2/h10-19,21H,4-9,20H2,1-3H3/b19-10+/t21-/m0/s1. The first-order chi connectivity index (χ1) is 14.6. The summed E-state index contributed by atoms with van der Waals surface area (Å²) in [5.41, 5.74) is 0.484. The number of ether oxygens (including phenoxy) is 3. The molecule has 0 saturated carbocycles. The van der Waals surface area contributed by atoms with Crippen molar-refractivity contribution in [3.8, 4) is 17.2 Å². The van der Waals surface area contributed by atoms with Crippen molar-refractivity contribution in [3.05, 3.63) is 66.4 Å². The summed E-state index contributed by atoms with van der Waals surface area (Å²) in [5.74, 6) is 2.05. The molecule has 4 heteroatoms. The lowest BCUT2D eigenvalue weighted by atomic mass is 10.1. The topological polar surface area (TPSA) is 44.8 Å². The molecule has 0 aliphatic heterocycles. The Balaban J connectivity index is 1.78. The van der Waals surface area contributed by atoms with Crippen LogP contribution in [0.4, 0.5) is 0 Å². The van der Waals surface area contributed by atoms with E-state index in [9.17, 15) is 4.79 Å². The second kappa shape index (κ2) is 13.5. The van der Waals surface area contributed by atoms with Gasteiger partial charge in [-0.1, -0.05) is 46.5 Å². The number of benzene rings is 2. The molecule has 0 bridgehead atoms. The molecule has 30 heavy (non-hydrogen) atoms. The SMILES string of the molecule is CCCCCC/C=C/Oc1ccc(OC(=O)c2ccc(OC[C@@H](C)CC)cc2)cc1. The molecule has 0 radical (unpaired) electrons. The van der Waals surface area contributed by atoms with E-state index in [2.05, 4.69) is 20.8 Å². The third kappa shape index (κ3) is 8.73. The molecule has 0 amide bonds. The molecule has 4 nitrogen and oxygen atoms in total. The fraction of sp³-hybridized carbons (Fsp3) is 0.423. The highest BCUT2D eigenvalue weighted by molar-refractivity contribution is 5.91. The highest BCUT2D eigenvalue weighted by atomic mass is 16.5. The highest BCUT2D eigenvalue weighted by Crippen LogP contribution is 2.20. The van der Waals surface area contributed by atoms with E-state index in [4.69, 9.17) is 14.2 Å². The highest BCUT2D eigenvalue weighted by Gasteiger charge is 2.09. The van der Waals surface area contributed by atoms with Crippen LogP contribution in [0.15, 0.2) is 60.9 Å². The summed E-state index contributed by atoms with van der Waals surface area (Å²) in [5, 5.41) is 0. The van der Waals surface area contributed by atoms with Gasteiger partial charge in [0.05, 0.1) is 18.4 Å². The summed E-state index contributed by atoms with van der Waals surface area (Å²) in [6.45, 7) is 7.16. The van der Waals surface area contributed by atoms with E-state index in [1.54, 1.807) is 54.8 Å². The van der Waals surface area contributed by atoms with E-state index >= 15 is 0 Å². The first kappa shape index (κ1) is 23.5. The van der Waals surface area contributed by atoms with Crippen molar-refractivity contribution in [2.45, 2.75) is 59.3 Å². The zero-order chi connectivity index (χ0) is 21.6. The fourth-order valence-corrected chi connectivity index (χ4v) is 2.68. The predicted octanol–water partition coefficient (Wildman–Crippen LogP) is 7.19. The summed E-state index contributed by atoms with van der Waals surface area (Å²) in [6, 6.07) is 14.1. The molecule has 0 N–H and O–H groups in total. The molecule has 162 valence electrons. The summed E-state index contributed by atoms with van der Waals surface area (Å²) in [6.07, 6.45) is 10.8. The molecule has 0 aromatic heterocycles. The number of unbranched alkanes of at least 4 members (excludes halogenated alkanes) is 4. The normalized spacial score (nSPS) is 12.0. The van der Waals surface area contributed by atoms with Crippen molar-refractivity contribution < 1.29 is 19.0 Å². The van der Waals surface area contributed by atoms with Crippen molar-refractivity contribution in [1.29, 1.82) is 0 Å². The molecule has 2 aromatic carbocycles. The van der Waals surface area contributed by atoms with Gasteiger partial charge in [-0.25, -0.2) is 4.79 Å². The summed E-state index contributed by atoms with van der Waals surface area (Å²) >= 11 is 0. The Morgan fingerprint density at radius 1 is 0.900 bits per heavy atom. The summed E-state index contributed by atoms with van der Waals surface area (Å²) < 4.78 is 16.7. The molecule has 2 rings (SSSR count). The number of hydrogen-bond acceptors (Lipinski definition) is 4. The van der Waals surface area contributed by atoms with Crippen molar-refractivity contribution in [3.63, 3.8) is 0 Å². The molecular formula is C26H34O4. The van der Waals surface area contributed by atoms with Crippen molar-refractivity contribution in [1.82, 2.24) is 0 Å². The quantitative estimate of drug-likeness (QED) is 0.152. The van der Waals surface area contributed by atoms with Crippen molar-refractivity contribution >= 4 is 5.97 Å². The van der Waals surface area contributed by atoms with Gasteiger partial charge in [-0.15, -0.1) is 0 Å². The fourth-order valence-electron chi connectivity index (χ4n) is 2.68. The van der Waals surface area contributed by atoms with Gasteiger partial charge in [-0.2, -0.15) is 0 Å². The Morgan fingerprint density at radius 3 is 2.23 bits per heavy atom. The average molecular weight is 411 g/mol. The van der Waals surface area contributed by atoms with Gasteiger partial charge in [0.25, 0.3) is 0 Å². The number of carbonyl (C=O) groups excluding carboxylic acids is 1. The zero-order valence-electron chi connectivity index (χ0n) is 18.4. The molecule has 0 saturated heterocycles. The van der Waals surface area contributed by atoms with E-state index in [0.717, 1.165) is 18.6 Å². The average Bonchev–Trinajstić information content (AvgIpc) is 2.78. The van der Waals surface area contributed by atoms with Crippen LogP contribution in [-0.2, 0) is 0 Å². The van der Waals surface area contributed by atoms with Gasteiger partial charge in [0.15, 0.2) is 0 Å². The summed E-state index contributed by atoms with van der Waals surface area (Å²) in [7, 11) is 0. The van der Waals surface area contributed by atoms with Crippen LogP contribution in [0.25, 0.3) is 0 Å². The predicted molar refractivity (Wildman–Crippen MR) is 121 cm³/mol. The Kier molecular flexibility index (Phi) is 10.6. The minimum absolute atomic E-state index is 0.399. The maximum absolute atomic E-state index is 12.3. The third-order valence-corrected chi connectivity index (χ3v) is 4.88. The van der Waals surface area contributed by atoms with E-state index < -0.39 is 5.97 Å². The van der Waals surface area contributed by atoms with E-state index in [0.29, 0.717) is 29.6 Å². The lowest BCUT2D eigenvalue weighted by molar-refractivity contribution is 0.0734. The molecule has 1 atom stereocenters. The van der Waals surface area contributed by atoms with Crippen LogP contribution in [0.2, 0.25) is 0 Å². The molecule has 0 aliphatic rings. The second-order valence-corrected chi connectivity index (χ2v) is 7.55. The molecule has 0 fully saturated rings. The smallest absolute Gasteiger partial charge is 0.343 e. The number of rotatable bonds is 13. The van der Waals surface area contributed by atoms with E-state index in [1.807, 2.05) is 6.08 Å². The maximum atomic E-state index is 12.3. The monoisotopic (exact) mass is 410 g/mol. The maximum Gasteiger partial charge on any atom is 0.343 e. The van der Waals surface area contributed by atoms with Crippen LogP contribution in [0.5, 0.6) is 17.2 Å². The van der Waals surface area contributed by atoms with Crippen LogP contribution < -0.4 is 14.2 Å². The second-order valence-electron chi connectivity index (χ2n) is 7.55. The molecule has 0 aliphatic carbocycles. The zero-order valence-corrected chi connectivity index (χ0v) is 18.4. The lowest BCUT2D eigenvalue weighted by Crippen LogP contribution is -2.09. The van der Waals surface area contributed by atoms with Gasteiger partial charge in [-0.05, 0) is 73.4 Å². The van der Waals surface area contributed by atoms with Gasteiger partial charge in [0.2, 0.25) is 0 Å². The Bertz CT molecular complexity index is 763. The molecule has 0 heterocycles. The van der Waals surface area contributed by atoms with Gasteiger partial charge < -0.3 is 14.2 Å². The molecule has 0 spiro atoms. The van der Waals surface area contributed by atoms with Crippen molar-refractivity contribution in [2.75, 3.05) is 6.61 Å². The van der Waals surface area contributed by atoms with E-state index in [1.165, 1.54) is 25.7 Å². The van der Waals surface area contributed by atoms with Gasteiger partial charge >= 0.3 is 5.97 Å². The number of hydrogen-bond donors (Lipinski definition) is 0. The largest absolute Gasteiger partial charge is 0.493 e. The van der Waals surface area contributed by atoms with Crippen LogP contribution >= 0.6 is 0 Å². The van der Waals surface area contributed by atoms with E-state index in [-0.39, 0.29) is 0 Å². The Labute approximate surface area is 180 Å². The first-order valence-electron chi connectivity index (χ1n) is 11.0. The van der Waals surface area contributed by atoms with Gasteiger partial charge in [-0.3, -0.25) is 0 Å². The Hall–Kier alpha value is -2.75. The van der Waals surface area contributed by atoms with Crippen LogP contribution in [0.3, 0.4) is 0 Å². The minimum Gasteiger partial charge on any atom is -0.493 e. The number of carbonyl (C=O) groups is 1. The number of esters is 1. The molecule has 0 unspecified atom stereocenters. The number of allylic oxidation sites excluding steroid dienone is 1. The van der Waals surface area contributed by atoms with Crippen LogP contribution in [0.1, 0.15) is 69.7 Å². The van der Waals surface area contributed by atoms with Gasteiger partial charge in [0, 0.05) is 0 Å². The third-order valence-electron chi connectivity index (χ3n) is 4.88. The van der Waals surface area contributed by atoms with Crippen LogP contribution in [-0.4, -0.2) is 12.6 Å². The van der Waals surface area contributed by atoms with Crippen LogP contribution in [0, 0.1) is 5.92 Å². The first-order valence-corrected chi connectivity index (χ1v) is 11.0. The van der Waals surface area contributed by atoms with Crippen molar-refractivity contribution in [2.24, 2.45) is 5.92 Å². The summed E-state index contributed by atoms with van der Waals surface area (Å²) in [4.78, 5) is 12.3. The van der Waals surface area contributed by atoms with Gasteiger partial charge in [0.1, 0.15) is 17.2 Å². The Morgan fingerprint density at radius 2 is 1.57 bits per heavy atom. The molecular weight excluding hydrogens is 376 g/mol.